The van der Waals surface area contributed by atoms with Crippen LogP contribution < -0.4 is 10.9 Å². The number of rotatable bonds is 3. The first kappa shape index (κ1) is 14.6. The summed E-state index contributed by atoms with van der Waals surface area (Å²) in [6, 6.07) is 0. The summed E-state index contributed by atoms with van der Waals surface area (Å²) in [5.41, 5.74) is -1.25. The van der Waals surface area contributed by atoms with Crippen molar-refractivity contribution in [3.8, 4) is 0 Å². The lowest BCUT2D eigenvalue weighted by Gasteiger charge is -2.32. The lowest BCUT2D eigenvalue weighted by atomic mass is 9.94. The number of hydrogen-bond acceptors (Lipinski definition) is 6. The fourth-order valence-corrected chi connectivity index (χ4v) is 3.36. The first-order valence-electron chi connectivity index (χ1n) is 6.90. The zero-order chi connectivity index (χ0) is 14.9. The van der Waals surface area contributed by atoms with Crippen molar-refractivity contribution in [2.45, 2.75) is 30.1 Å². The van der Waals surface area contributed by atoms with E-state index in [1.165, 1.54) is 22.5 Å². The smallest absolute Gasteiger partial charge is 0.267 e. The molecule has 8 heteroatoms. The highest BCUT2D eigenvalue weighted by atomic mass is 32.2. The fraction of sp³-hybridized carbons (Fsp3) is 0.615. The average Bonchev–Trinajstić information content (AvgIpc) is 2.95. The topological polar surface area (TPSA) is 93.4 Å². The van der Waals surface area contributed by atoms with E-state index in [-0.39, 0.29) is 17.7 Å². The summed E-state index contributed by atoms with van der Waals surface area (Å²) in [5.74, 6) is 0.312. The maximum atomic E-state index is 12.2. The molecule has 0 unspecified atom stereocenters. The van der Waals surface area contributed by atoms with Gasteiger partial charge in [0.1, 0.15) is 5.56 Å². The molecular weight excluding hydrogens is 294 g/mol. The van der Waals surface area contributed by atoms with E-state index in [9.17, 15) is 14.7 Å². The number of ether oxygens (including phenoxy) is 1. The van der Waals surface area contributed by atoms with Crippen LogP contribution in [0.3, 0.4) is 0 Å². The third-order valence-electron chi connectivity index (χ3n) is 3.80. The third-order valence-corrected chi connectivity index (χ3v) is 4.77. The van der Waals surface area contributed by atoms with Crippen LogP contribution in [0.1, 0.15) is 23.2 Å². The Morgan fingerprint density at radius 2 is 2.29 bits per heavy atom. The van der Waals surface area contributed by atoms with Gasteiger partial charge >= 0.3 is 0 Å². The molecule has 0 spiro atoms. The van der Waals surface area contributed by atoms with Crippen molar-refractivity contribution >= 4 is 17.7 Å². The molecule has 1 aromatic rings. The molecule has 0 aromatic carbocycles. The number of amides is 1. The van der Waals surface area contributed by atoms with Gasteiger partial charge in [-0.15, -0.1) is 0 Å². The molecule has 0 aliphatic carbocycles. The molecule has 0 saturated carbocycles. The van der Waals surface area contributed by atoms with E-state index in [0.29, 0.717) is 37.8 Å². The number of nitrogens with one attached hydrogen (secondary N) is 1. The van der Waals surface area contributed by atoms with Crippen LogP contribution in [0.2, 0.25) is 0 Å². The Kier molecular flexibility index (Phi) is 4.01. The van der Waals surface area contributed by atoms with Crippen LogP contribution >= 0.6 is 11.8 Å². The Morgan fingerprint density at radius 3 is 3.05 bits per heavy atom. The lowest BCUT2D eigenvalue weighted by molar-refractivity contribution is -0.0605. The predicted octanol–water partition coefficient (Wildman–Crippen LogP) is -0.380. The van der Waals surface area contributed by atoms with E-state index in [4.69, 9.17) is 4.74 Å². The molecule has 2 N–H and O–H groups in total. The molecule has 114 valence electrons. The van der Waals surface area contributed by atoms with Crippen LogP contribution in [0.25, 0.3) is 0 Å². The second kappa shape index (κ2) is 5.78. The van der Waals surface area contributed by atoms with Crippen LogP contribution in [-0.2, 0) is 11.3 Å². The molecule has 3 rings (SSSR count). The zero-order valence-electron chi connectivity index (χ0n) is 11.5. The van der Waals surface area contributed by atoms with Gasteiger partial charge in [-0.05, 0) is 0 Å². The average molecular weight is 311 g/mol. The highest BCUT2D eigenvalue weighted by Gasteiger charge is 2.30. The van der Waals surface area contributed by atoms with Crippen molar-refractivity contribution in [2.24, 2.45) is 0 Å². The Morgan fingerprint density at radius 1 is 1.52 bits per heavy atom. The molecular formula is C13H17N3O4S. The van der Waals surface area contributed by atoms with Gasteiger partial charge in [0.2, 0.25) is 0 Å². The van der Waals surface area contributed by atoms with Crippen LogP contribution in [0.5, 0.6) is 0 Å². The largest absolute Gasteiger partial charge is 0.388 e. The second-order valence-electron chi connectivity index (χ2n) is 5.28. The molecule has 21 heavy (non-hydrogen) atoms. The van der Waals surface area contributed by atoms with Crippen LogP contribution in [0, 0.1) is 0 Å². The van der Waals surface area contributed by atoms with E-state index in [1.54, 1.807) is 0 Å². The number of carbonyl (C=O) groups is 1. The monoisotopic (exact) mass is 311 g/mol. The molecule has 1 amide bonds. The second-order valence-corrected chi connectivity index (χ2v) is 6.34. The van der Waals surface area contributed by atoms with Crippen LogP contribution in [0.15, 0.2) is 16.1 Å². The molecule has 2 aliphatic heterocycles. The minimum atomic E-state index is -0.954. The van der Waals surface area contributed by atoms with Gasteiger partial charge in [-0.1, -0.05) is 11.8 Å². The number of aromatic nitrogens is 2. The number of aliphatic hydroxyl groups is 1. The summed E-state index contributed by atoms with van der Waals surface area (Å²) in [4.78, 5) is 28.5. The van der Waals surface area contributed by atoms with E-state index >= 15 is 0 Å². The number of hydrogen-bond donors (Lipinski definition) is 2. The highest BCUT2D eigenvalue weighted by Crippen LogP contribution is 2.21. The third kappa shape index (κ3) is 2.97. The van der Waals surface area contributed by atoms with Gasteiger partial charge in [0.25, 0.3) is 11.5 Å². The lowest BCUT2D eigenvalue weighted by Crippen LogP contribution is -2.47. The van der Waals surface area contributed by atoms with Gasteiger partial charge < -0.3 is 15.2 Å². The normalized spacial score (nSPS) is 20.0. The van der Waals surface area contributed by atoms with Crippen molar-refractivity contribution in [1.82, 2.24) is 14.9 Å². The molecule has 1 saturated heterocycles. The van der Waals surface area contributed by atoms with E-state index in [0.717, 1.165) is 5.75 Å². The summed E-state index contributed by atoms with van der Waals surface area (Å²) in [5, 5.41) is 13.6. The van der Waals surface area contributed by atoms with E-state index in [1.807, 2.05) is 0 Å². The minimum absolute atomic E-state index is 0.0249. The summed E-state index contributed by atoms with van der Waals surface area (Å²) in [7, 11) is 0. The number of fused-ring (bicyclic) bond motifs is 1. The predicted molar refractivity (Wildman–Crippen MR) is 76.6 cm³/mol. The number of nitrogens with zero attached hydrogens (tertiary/aromatic N) is 2. The molecule has 2 aliphatic rings. The SMILES string of the molecule is O=C(NCC1(O)CCOCC1)c1cnc2n(c1=O)CCS2. The zero-order valence-corrected chi connectivity index (χ0v) is 12.3. The molecule has 1 fully saturated rings. The summed E-state index contributed by atoms with van der Waals surface area (Å²) >= 11 is 1.50. The van der Waals surface area contributed by atoms with Crippen molar-refractivity contribution in [1.29, 1.82) is 0 Å². The molecule has 0 atom stereocenters. The van der Waals surface area contributed by atoms with Gasteiger partial charge in [0, 0.05) is 51.1 Å². The molecule has 1 aromatic heterocycles. The Hall–Kier alpha value is -1.38. The van der Waals surface area contributed by atoms with Gasteiger partial charge in [0.05, 0.1) is 5.60 Å². The first-order chi connectivity index (χ1) is 10.1. The van der Waals surface area contributed by atoms with E-state index in [2.05, 4.69) is 10.3 Å². The van der Waals surface area contributed by atoms with Crippen molar-refractivity contribution in [2.75, 3.05) is 25.5 Å². The van der Waals surface area contributed by atoms with Crippen LogP contribution in [0.4, 0.5) is 0 Å². The summed E-state index contributed by atoms with van der Waals surface area (Å²) in [6.45, 7) is 1.65. The van der Waals surface area contributed by atoms with Gasteiger partial charge in [-0.3, -0.25) is 14.2 Å². The van der Waals surface area contributed by atoms with Gasteiger partial charge in [-0.25, -0.2) is 4.98 Å². The fourth-order valence-electron chi connectivity index (χ4n) is 2.44. The van der Waals surface area contributed by atoms with Crippen molar-refractivity contribution in [3.63, 3.8) is 0 Å². The summed E-state index contributed by atoms with van der Waals surface area (Å²) < 4.78 is 6.70. The standard InChI is InChI=1S/C13H17N3O4S/c17-10(15-8-13(19)1-4-20-5-2-13)9-7-14-12-16(11(9)18)3-6-21-12/h7,19H,1-6,8H2,(H,15,17). The molecule has 0 bridgehead atoms. The maximum Gasteiger partial charge on any atom is 0.267 e. The number of thioether (sulfide) groups is 1. The van der Waals surface area contributed by atoms with Crippen molar-refractivity contribution < 1.29 is 14.6 Å². The quantitative estimate of drug-likeness (QED) is 0.739. The minimum Gasteiger partial charge on any atom is -0.388 e. The number of carbonyl (C=O) groups excluding carboxylic acids is 1. The van der Waals surface area contributed by atoms with Gasteiger partial charge in [-0.2, -0.15) is 0 Å². The Balaban J connectivity index is 1.70. The van der Waals surface area contributed by atoms with Crippen LogP contribution in [-0.4, -0.2) is 51.7 Å². The Labute approximate surface area is 125 Å². The summed E-state index contributed by atoms with van der Waals surface area (Å²) in [6.07, 6.45) is 2.27. The van der Waals surface area contributed by atoms with E-state index < -0.39 is 11.5 Å². The molecule has 3 heterocycles. The highest BCUT2D eigenvalue weighted by molar-refractivity contribution is 7.99. The Bertz CT molecular complexity index is 610. The first-order valence-corrected chi connectivity index (χ1v) is 7.89. The van der Waals surface area contributed by atoms with Crippen molar-refractivity contribution in [3.05, 3.63) is 22.1 Å². The maximum absolute atomic E-state index is 12.2. The van der Waals surface area contributed by atoms with Gasteiger partial charge in [0.15, 0.2) is 5.16 Å². The molecule has 0 radical (unpaired) electrons. The molecule has 7 nitrogen and oxygen atoms in total.